The van der Waals surface area contributed by atoms with E-state index in [1.165, 1.54) is 0 Å². The molecule has 1 atom stereocenters. The summed E-state index contributed by atoms with van der Waals surface area (Å²) in [6, 6.07) is 0. The van der Waals surface area contributed by atoms with Gasteiger partial charge >= 0.3 is 0 Å². The first kappa shape index (κ1) is 7.76. The Morgan fingerprint density at radius 2 is 2.22 bits per heavy atom. The molecule has 54 valence electrons. The largest absolute Gasteiger partial charge is 0.294 e. The zero-order valence-electron chi connectivity index (χ0n) is 6.10. The zero-order valence-corrected chi connectivity index (χ0v) is 7.73. The van der Waals surface area contributed by atoms with E-state index in [0.717, 1.165) is 10.5 Å². The van der Waals surface area contributed by atoms with Gasteiger partial charge < -0.3 is 0 Å². The molecular formula is C6H13NS2. The molecule has 0 aliphatic carbocycles. The third-order valence-electron chi connectivity index (χ3n) is 1.28. The molecule has 0 saturated carbocycles. The van der Waals surface area contributed by atoms with Gasteiger partial charge in [-0.15, -0.1) is 23.5 Å². The normalized spacial score (nSPS) is 34.3. The molecule has 1 nitrogen and oxygen atoms in total. The van der Waals surface area contributed by atoms with E-state index >= 15 is 0 Å². The lowest BCUT2D eigenvalue weighted by atomic mass is 10.4. The van der Waals surface area contributed by atoms with Crippen LogP contribution in [0.25, 0.3) is 0 Å². The molecule has 1 fully saturated rings. The van der Waals surface area contributed by atoms with Crippen LogP contribution >= 0.6 is 23.5 Å². The molecule has 0 spiro atoms. The highest BCUT2D eigenvalue weighted by Gasteiger charge is 2.25. The van der Waals surface area contributed by atoms with Crippen molar-refractivity contribution in [2.45, 2.75) is 30.2 Å². The Bertz CT molecular complexity index is 103. The van der Waals surface area contributed by atoms with Gasteiger partial charge in [-0.2, -0.15) is 0 Å². The highest BCUT2D eigenvalue weighted by molar-refractivity contribution is 8.18. The van der Waals surface area contributed by atoms with Gasteiger partial charge in [-0.05, 0) is 20.8 Å². The molecule has 0 radical (unpaired) electrons. The Morgan fingerprint density at radius 3 is 2.56 bits per heavy atom. The number of thioether (sulfide) groups is 2. The van der Waals surface area contributed by atoms with Gasteiger partial charge in [-0.3, -0.25) is 5.32 Å². The summed E-state index contributed by atoms with van der Waals surface area (Å²) in [5.41, 5.74) is 0. The number of hydrogen-bond donors (Lipinski definition) is 1. The highest BCUT2D eigenvalue weighted by Crippen LogP contribution is 2.36. The molecule has 1 saturated heterocycles. The molecule has 1 N–H and O–H groups in total. The zero-order chi connectivity index (χ0) is 6.91. The molecule has 0 aromatic heterocycles. The molecule has 3 heteroatoms. The first-order valence-corrected chi connectivity index (χ1v) is 5.07. The average molecular weight is 163 g/mol. The summed E-state index contributed by atoms with van der Waals surface area (Å²) < 4.78 is 0.751. The van der Waals surface area contributed by atoms with E-state index in [1.54, 1.807) is 0 Å². The van der Waals surface area contributed by atoms with Crippen LogP contribution in [-0.2, 0) is 0 Å². The van der Waals surface area contributed by atoms with E-state index in [-0.39, 0.29) is 0 Å². The fourth-order valence-electron chi connectivity index (χ4n) is 0.823. The molecule has 0 bridgehead atoms. The topological polar surface area (TPSA) is 12.0 Å². The molecule has 1 rings (SSSR count). The summed E-state index contributed by atoms with van der Waals surface area (Å²) in [7, 11) is 0. The number of hydrogen-bond acceptors (Lipinski definition) is 3. The summed E-state index contributed by atoms with van der Waals surface area (Å²) in [4.78, 5) is 0.296. The first-order chi connectivity index (χ1) is 4.10. The van der Waals surface area contributed by atoms with Crippen LogP contribution < -0.4 is 5.32 Å². The summed E-state index contributed by atoms with van der Waals surface area (Å²) in [5.74, 6) is 1.10. The molecule has 1 heterocycles. The maximum atomic E-state index is 3.41. The smallest absolute Gasteiger partial charge is 0.0605 e. The van der Waals surface area contributed by atoms with Gasteiger partial charge in [-0.1, -0.05) is 0 Å². The van der Waals surface area contributed by atoms with E-state index in [9.17, 15) is 0 Å². The highest BCUT2D eigenvalue weighted by atomic mass is 32.2. The Labute approximate surface area is 65.4 Å². The molecule has 0 aromatic rings. The summed E-state index contributed by atoms with van der Waals surface area (Å²) in [6.45, 7) is 6.72. The second kappa shape index (κ2) is 2.72. The number of rotatable bonds is 0. The molecule has 1 unspecified atom stereocenters. The van der Waals surface area contributed by atoms with Crippen molar-refractivity contribution in [3.63, 3.8) is 0 Å². The van der Waals surface area contributed by atoms with E-state index in [0.29, 0.717) is 4.87 Å². The van der Waals surface area contributed by atoms with Crippen LogP contribution in [0.5, 0.6) is 0 Å². The van der Waals surface area contributed by atoms with Crippen LogP contribution in [-0.4, -0.2) is 15.3 Å². The predicted octanol–water partition coefficient (Wildman–Crippen LogP) is 2.10. The van der Waals surface area contributed by atoms with Crippen molar-refractivity contribution in [1.82, 2.24) is 5.32 Å². The number of nitrogens with one attached hydrogen (secondary N) is 1. The summed E-state index contributed by atoms with van der Waals surface area (Å²) in [5, 5.41) is 3.41. The van der Waals surface area contributed by atoms with Crippen molar-refractivity contribution in [3.8, 4) is 0 Å². The Hall–Kier alpha value is 0.660. The molecule has 9 heavy (non-hydrogen) atoms. The van der Waals surface area contributed by atoms with Crippen molar-refractivity contribution in [2.24, 2.45) is 0 Å². The fraction of sp³-hybridized carbons (Fsp3) is 1.00. The minimum absolute atomic E-state index is 0.296. The quantitative estimate of drug-likeness (QED) is 0.587. The van der Waals surface area contributed by atoms with Crippen molar-refractivity contribution in [2.75, 3.05) is 5.88 Å². The van der Waals surface area contributed by atoms with Gasteiger partial charge in [0.2, 0.25) is 0 Å². The van der Waals surface area contributed by atoms with E-state index in [1.807, 2.05) is 23.5 Å². The van der Waals surface area contributed by atoms with Crippen LogP contribution in [0.15, 0.2) is 0 Å². The predicted molar refractivity (Wildman–Crippen MR) is 46.7 cm³/mol. The van der Waals surface area contributed by atoms with Crippen molar-refractivity contribution < 1.29 is 0 Å². The van der Waals surface area contributed by atoms with Crippen LogP contribution in [0.2, 0.25) is 0 Å². The average Bonchev–Trinajstić information content (AvgIpc) is 1.60. The molecule has 0 aromatic carbocycles. The van der Waals surface area contributed by atoms with Crippen LogP contribution in [0, 0.1) is 0 Å². The second-order valence-electron chi connectivity index (χ2n) is 2.68. The third-order valence-corrected chi connectivity index (χ3v) is 3.82. The maximum absolute atomic E-state index is 3.41. The maximum Gasteiger partial charge on any atom is 0.0605 e. The summed E-state index contributed by atoms with van der Waals surface area (Å²) in [6.07, 6.45) is 0. The Morgan fingerprint density at radius 1 is 1.56 bits per heavy atom. The minimum atomic E-state index is 0.296. The van der Waals surface area contributed by atoms with Gasteiger partial charge in [0.15, 0.2) is 0 Å². The van der Waals surface area contributed by atoms with Crippen molar-refractivity contribution in [1.29, 1.82) is 0 Å². The van der Waals surface area contributed by atoms with Gasteiger partial charge in [-0.25, -0.2) is 0 Å². The van der Waals surface area contributed by atoms with Gasteiger partial charge in [0.25, 0.3) is 0 Å². The van der Waals surface area contributed by atoms with E-state index < -0.39 is 0 Å². The first-order valence-electron chi connectivity index (χ1n) is 3.15. The lowest BCUT2D eigenvalue weighted by Crippen LogP contribution is -2.40. The second-order valence-corrected chi connectivity index (χ2v) is 6.27. The Kier molecular flexibility index (Phi) is 2.35. The lowest BCUT2D eigenvalue weighted by molar-refractivity contribution is 0.591. The van der Waals surface area contributed by atoms with E-state index in [4.69, 9.17) is 0 Å². The Balaban J connectivity index is 2.41. The lowest BCUT2D eigenvalue weighted by Gasteiger charge is -2.33. The van der Waals surface area contributed by atoms with Crippen molar-refractivity contribution in [3.05, 3.63) is 0 Å². The standard InChI is InChI=1S/C6H13NS2/c1-5-8-4-7-6(2,3)9-5/h5,7H,4H2,1-3H3. The van der Waals surface area contributed by atoms with Crippen LogP contribution in [0.4, 0.5) is 0 Å². The SMILES string of the molecule is CC1SCNC(C)(C)S1. The van der Waals surface area contributed by atoms with E-state index in [2.05, 4.69) is 26.1 Å². The van der Waals surface area contributed by atoms with Crippen LogP contribution in [0.1, 0.15) is 20.8 Å². The van der Waals surface area contributed by atoms with Gasteiger partial charge in [0, 0.05) is 5.88 Å². The monoisotopic (exact) mass is 163 g/mol. The molecule has 1 aliphatic heterocycles. The van der Waals surface area contributed by atoms with Gasteiger partial charge in [0.1, 0.15) is 0 Å². The fourth-order valence-corrected chi connectivity index (χ4v) is 3.78. The van der Waals surface area contributed by atoms with Crippen LogP contribution in [0.3, 0.4) is 0 Å². The molecular weight excluding hydrogens is 150 g/mol. The summed E-state index contributed by atoms with van der Waals surface area (Å²) >= 11 is 3.97. The minimum Gasteiger partial charge on any atom is -0.294 e. The third kappa shape index (κ3) is 2.40. The molecule has 1 aliphatic rings. The van der Waals surface area contributed by atoms with Crippen molar-refractivity contribution >= 4 is 23.5 Å². The van der Waals surface area contributed by atoms with Gasteiger partial charge in [0.05, 0.1) is 9.45 Å². The molecule has 0 amide bonds.